The molecule has 10 heavy (non-hydrogen) atoms. The lowest BCUT2D eigenvalue weighted by atomic mass is 9.91. The third kappa shape index (κ3) is 0.574. The van der Waals surface area contributed by atoms with E-state index in [9.17, 15) is 0 Å². The normalized spacial score (nSPS) is 58.0. The molecule has 0 heterocycles. The van der Waals surface area contributed by atoms with Crippen LogP contribution in [0.5, 0.6) is 0 Å². The van der Waals surface area contributed by atoms with E-state index in [-0.39, 0.29) is 11.3 Å². The van der Waals surface area contributed by atoms with Gasteiger partial charge in [0.2, 0.25) is 0 Å². The van der Waals surface area contributed by atoms with Gasteiger partial charge in [0, 0.05) is 2.74 Å². The van der Waals surface area contributed by atoms with Crippen molar-refractivity contribution in [1.82, 2.24) is 0 Å². The number of allylic oxidation sites excluding steroid dienone is 2. The maximum absolute atomic E-state index is 7.89. The van der Waals surface area contributed by atoms with Gasteiger partial charge in [0.15, 0.2) is 0 Å². The zero-order valence-corrected chi connectivity index (χ0v) is 6.89. The summed E-state index contributed by atoms with van der Waals surface area (Å²) in [5, 5.41) is 0. The van der Waals surface area contributed by atoms with Gasteiger partial charge in [0.25, 0.3) is 0 Å². The van der Waals surface area contributed by atoms with Crippen LogP contribution in [0.2, 0.25) is 0 Å². The minimum atomic E-state index is -0.935. The quantitative estimate of drug-likeness (QED) is 0.489. The number of hydrogen-bond donors (Lipinski definition) is 0. The first kappa shape index (κ1) is 4.58. The van der Waals surface area contributed by atoms with E-state index in [0.29, 0.717) is 11.8 Å². The molecule has 0 spiro atoms. The van der Waals surface area contributed by atoms with Crippen LogP contribution >= 0.6 is 0 Å². The molecule has 0 heteroatoms. The largest absolute Gasteiger partial charge is 0.0848 e. The molecular weight excluding hydrogens is 120 g/mol. The van der Waals surface area contributed by atoms with Gasteiger partial charge in [0.05, 0.1) is 0 Å². The summed E-state index contributed by atoms with van der Waals surface area (Å²) in [5.41, 5.74) is -0.119. The number of rotatable bonds is 1. The van der Waals surface area contributed by atoms with Crippen LogP contribution < -0.4 is 0 Å². The smallest absolute Gasteiger partial charge is 0.0279 e. The first-order valence-corrected chi connectivity index (χ1v) is 4.14. The molecule has 0 aromatic heterocycles. The van der Waals surface area contributed by atoms with Crippen LogP contribution in [0.25, 0.3) is 0 Å². The molecule has 0 aromatic rings. The summed E-state index contributed by atoms with van der Waals surface area (Å²) >= 11 is 0. The van der Waals surface area contributed by atoms with Crippen molar-refractivity contribution >= 4 is 0 Å². The maximum Gasteiger partial charge on any atom is 0.0279 e. The van der Waals surface area contributed by atoms with E-state index in [4.69, 9.17) is 2.74 Å². The van der Waals surface area contributed by atoms with E-state index >= 15 is 0 Å². The molecule has 0 amide bonds. The van der Waals surface area contributed by atoms with Crippen molar-refractivity contribution in [3.05, 3.63) is 12.2 Å². The Morgan fingerprint density at radius 3 is 2.70 bits per heavy atom. The Kier molecular flexibility index (Phi) is 0.763. The third-order valence-corrected chi connectivity index (χ3v) is 2.99. The first-order chi connectivity index (χ1) is 5.44. The van der Waals surface area contributed by atoms with Crippen molar-refractivity contribution in [2.75, 3.05) is 0 Å². The minimum absolute atomic E-state index is 0.119. The predicted octanol–water partition coefficient (Wildman–Crippen LogP) is 2.85. The molecule has 3 atom stereocenters. The van der Waals surface area contributed by atoms with Gasteiger partial charge >= 0.3 is 0 Å². The van der Waals surface area contributed by atoms with Crippen molar-refractivity contribution < 1.29 is 2.74 Å². The molecule has 0 aliphatic heterocycles. The minimum Gasteiger partial charge on any atom is -0.0848 e. The summed E-state index contributed by atoms with van der Waals surface area (Å²) in [5.74, 6) is 1.12. The molecule has 2 rings (SSSR count). The Bertz CT molecular complexity index is 242. The van der Waals surface area contributed by atoms with E-state index in [1.54, 1.807) is 0 Å². The lowest BCUT2D eigenvalue weighted by molar-refractivity contribution is 0.401. The van der Waals surface area contributed by atoms with E-state index in [2.05, 4.69) is 32.9 Å². The molecule has 0 radical (unpaired) electrons. The Hall–Kier alpha value is -0.260. The maximum atomic E-state index is 7.89. The van der Waals surface area contributed by atoms with Crippen molar-refractivity contribution in [3.8, 4) is 0 Å². The molecule has 3 unspecified atom stereocenters. The summed E-state index contributed by atoms with van der Waals surface area (Å²) in [6, 6.07) is 0. The van der Waals surface area contributed by atoms with E-state index in [1.165, 1.54) is 0 Å². The van der Waals surface area contributed by atoms with Crippen LogP contribution in [0.15, 0.2) is 12.2 Å². The van der Waals surface area contributed by atoms with Crippen molar-refractivity contribution in [1.29, 1.82) is 0 Å². The van der Waals surface area contributed by atoms with Crippen LogP contribution in [0.1, 0.15) is 29.9 Å². The predicted molar refractivity (Wildman–Crippen MR) is 43.7 cm³/mol. The SMILES string of the molecule is [2H]C1([2H])C2C(C)C=CC21C(C)C. The van der Waals surface area contributed by atoms with Crippen LogP contribution in [0.3, 0.4) is 0 Å². The van der Waals surface area contributed by atoms with E-state index < -0.39 is 6.37 Å². The van der Waals surface area contributed by atoms with Crippen LogP contribution in [-0.2, 0) is 0 Å². The highest BCUT2D eigenvalue weighted by atomic mass is 14.6. The Balaban J connectivity index is 2.36. The zero-order valence-electron chi connectivity index (χ0n) is 8.89. The summed E-state index contributed by atoms with van der Waals surface area (Å²) in [6.45, 7) is 6.37. The van der Waals surface area contributed by atoms with Crippen molar-refractivity contribution in [2.45, 2.75) is 27.1 Å². The second-order valence-electron chi connectivity index (χ2n) is 3.93. The summed E-state index contributed by atoms with van der Waals surface area (Å²) in [4.78, 5) is 0. The van der Waals surface area contributed by atoms with Crippen LogP contribution in [0, 0.1) is 23.2 Å². The molecule has 0 aromatic carbocycles. The Morgan fingerprint density at radius 1 is 1.70 bits per heavy atom. The molecule has 2 aliphatic rings. The van der Waals surface area contributed by atoms with Crippen molar-refractivity contribution in [3.63, 3.8) is 0 Å². The standard InChI is InChI=1S/C10H16/c1-7(2)10-5-4-8(3)9(10)6-10/h4-5,7-9H,6H2,1-3H3/i6D2. The fraction of sp³-hybridized carbons (Fsp3) is 0.800. The molecule has 0 nitrogen and oxygen atoms in total. The summed E-state index contributed by atoms with van der Waals surface area (Å²) in [6.07, 6.45) is 3.36. The summed E-state index contributed by atoms with van der Waals surface area (Å²) < 4.78 is 15.8. The average Bonchev–Trinajstić information content (AvgIpc) is 2.31. The first-order valence-electron chi connectivity index (χ1n) is 5.14. The molecule has 56 valence electrons. The molecule has 0 saturated heterocycles. The monoisotopic (exact) mass is 138 g/mol. The third-order valence-electron chi connectivity index (χ3n) is 2.99. The molecule has 2 aliphatic carbocycles. The highest BCUT2D eigenvalue weighted by molar-refractivity contribution is 5.25. The lowest BCUT2D eigenvalue weighted by Crippen LogP contribution is -2.06. The Morgan fingerprint density at radius 2 is 2.40 bits per heavy atom. The summed E-state index contributed by atoms with van der Waals surface area (Å²) in [7, 11) is 0. The molecule has 0 N–H and O–H groups in total. The van der Waals surface area contributed by atoms with Gasteiger partial charge in [-0.2, -0.15) is 0 Å². The Labute approximate surface area is 66.1 Å². The fourth-order valence-electron chi connectivity index (χ4n) is 2.09. The van der Waals surface area contributed by atoms with Gasteiger partial charge in [-0.05, 0) is 29.5 Å². The molecular formula is C10H16. The fourth-order valence-corrected chi connectivity index (χ4v) is 2.09. The van der Waals surface area contributed by atoms with Gasteiger partial charge in [-0.3, -0.25) is 0 Å². The molecule has 0 bridgehead atoms. The average molecular weight is 138 g/mol. The molecule has 1 saturated carbocycles. The van der Waals surface area contributed by atoms with Gasteiger partial charge in [0.1, 0.15) is 0 Å². The van der Waals surface area contributed by atoms with Gasteiger partial charge in [-0.25, -0.2) is 0 Å². The van der Waals surface area contributed by atoms with Gasteiger partial charge < -0.3 is 0 Å². The lowest BCUT2D eigenvalue weighted by Gasteiger charge is -2.13. The van der Waals surface area contributed by atoms with Crippen LogP contribution in [0.4, 0.5) is 0 Å². The number of hydrogen-bond acceptors (Lipinski definition) is 0. The topological polar surface area (TPSA) is 0 Å². The zero-order chi connectivity index (χ0) is 9.15. The highest BCUT2D eigenvalue weighted by Crippen LogP contribution is 2.65. The van der Waals surface area contributed by atoms with Gasteiger partial charge in [-0.15, -0.1) is 0 Å². The second-order valence-corrected chi connectivity index (χ2v) is 3.93. The van der Waals surface area contributed by atoms with Crippen LogP contribution in [-0.4, -0.2) is 0 Å². The second kappa shape index (κ2) is 1.66. The van der Waals surface area contributed by atoms with Gasteiger partial charge in [-0.1, -0.05) is 32.9 Å². The molecule has 1 fully saturated rings. The van der Waals surface area contributed by atoms with E-state index in [0.717, 1.165) is 0 Å². The number of fused-ring (bicyclic) bond motifs is 1. The highest BCUT2D eigenvalue weighted by Gasteiger charge is 2.58. The van der Waals surface area contributed by atoms with Crippen molar-refractivity contribution in [2.24, 2.45) is 23.2 Å². The van der Waals surface area contributed by atoms with E-state index in [1.807, 2.05) is 0 Å².